The standard InChI is InChI=1S/C18H16BrN3O2/c1-12(24-17-9-5-3-7-15(17)19)18(23)22-21-11-13-10-20-16-8-4-2-6-14(13)16/h2-12,20H,1H3,(H,22,23)/b21-11-/t12-/m0/s1. The van der Waals surface area contributed by atoms with Crippen LogP contribution in [0.4, 0.5) is 0 Å². The zero-order chi connectivity index (χ0) is 16.9. The highest BCUT2D eigenvalue weighted by Gasteiger charge is 2.15. The molecule has 0 fully saturated rings. The van der Waals surface area contributed by atoms with E-state index in [0.29, 0.717) is 5.75 Å². The number of nitrogens with zero attached hydrogens (tertiary/aromatic N) is 1. The van der Waals surface area contributed by atoms with Crippen molar-refractivity contribution in [3.63, 3.8) is 0 Å². The van der Waals surface area contributed by atoms with Crippen LogP contribution in [0.5, 0.6) is 5.75 Å². The summed E-state index contributed by atoms with van der Waals surface area (Å²) in [7, 11) is 0. The lowest BCUT2D eigenvalue weighted by molar-refractivity contribution is -0.127. The molecular formula is C18H16BrN3O2. The van der Waals surface area contributed by atoms with E-state index in [9.17, 15) is 4.79 Å². The summed E-state index contributed by atoms with van der Waals surface area (Å²) in [5.74, 6) is 0.294. The number of hydrogen-bond donors (Lipinski definition) is 2. The molecule has 0 saturated heterocycles. The van der Waals surface area contributed by atoms with Crippen LogP contribution in [0.3, 0.4) is 0 Å². The van der Waals surface area contributed by atoms with Gasteiger partial charge in [-0.15, -0.1) is 0 Å². The number of carbonyl (C=O) groups is 1. The van der Waals surface area contributed by atoms with E-state index in [0.717, 1.165) is 20.9 Å². The summed E-state index contributed by atoms with van der Waals surface area (Å²) >= 11 is 3.39. The van der Waals surface area contributed by atoms with E-state index in [1.54, 1.807) is 19.2 Å². The summed E-state index contributed by atoms with van der Waals surface area (Å²) in [4.78, 5) is 15.2. The second kappa shape index (κ2) is 7.31. The zero-order valence-electron chi connectivity index (χ0n) is 13.0. The van der Waals surface area contributed by atoms with Gasteiger partial charge in [-0.3, -0.25) is 4.79 Å². The van der Waals surface area contributed by atoms with Crippen LogP contribution in [-0.4, -0.2) is 23.2 Å². The first-order chi connectivity index (χ1) is 11.6. The summed E-state index contributed by atoms with van der Waals surface area (Å²) in [6.45, 7) is 1.68. The molecule has 1 atom stereocenters. The monoisotopic (exact) mass is 385 g/mol. The van der Waals surface area contributed by atoms with Gasteiger partial charge in [-0.25, -0.2) is 5.43 Å². The topological polar surface area (TPSA) is 66.5 Å². The van der Waals surface area contributed by atoms with Gasteiger partial charge >= 0.3 is 0 Å². The Labute approximate surface area is 147 Å². The number of halogens is 1. The molecule has 0 unspecified atom stereocenters. The first kappa shape index (κ1) is 16.3. The van der Waals surface area contributed by atoms with E-state index in [-0.39, 0.29) is 5.91 Å². The molecule has 2 N–H and O–H groups in total. The van der Waals surface area contributed by atoms with Crippen molar-refractivity contribution in [1.29, 1.82) is 0 Å². The number of nitrogens with one attached hydrogen (secondary N) is 2. The van der Waals surface area contributed by atoms with E-state index in [2.05, 4.69) is 31.4 Å². The lowest BCUT2D eigenvalue weighted by Gasteiger charge is -2.13. The molecule has 1 aromatic heterocycles. The second-order valence-electron chi connectivity index (χ2n) is 5.21. The SMILES string of the molecule is C[C@H](Oc1ccccc1Br)C(=O)N/N=C\c1c[nH]c2ccccc12. The van der Waals surface area contributed by atoms with Crippen LogP contribution in [0.25, 0.3) is 10.9 Å². The lowest BCUT2D eigenvalue weighted by atomic mass is 10.2. The zero-order valence-corrected chi connectivity index (χ0v) is 14.6. The summed E-state index contributed by atoms with van der Waals surface area (Å²) in [6, 6.07) is 15.3. The minimum Gasteiger partial charge on any atom is -0.480 e. The van der Waals surface area contributed by atoms with Crippen molar-refractivity contribution in [3.05, 3.63) is 64.8 Å². The number of hydrogen-bond acceptors (Lipinski definition) is 3. The molecule has 3 rings (SSSR count). The van der Waals surface area contributed by atoms with Gasteiger partial charge in [0.25, 0.3) is 5.91 Å². The minimum atomic E-state index is -0.663. The maximum absolute atomic E-state index is 12.1. The van der Waals surface area contributed by atoms with Crippen molar-refractivity contribution in [1.82, 2.24) is 10.4 Å². The van der Waals surface area contributed by atoms with Gasteiger partial charge in [0.2, 0.25) is 0 Å². The molecule has 0 aliphatic carbocycles. The van der Waals surface area contributed by atoms with Crippen molar-refractivity contribution < 1.29 is 9.53 Å². The highest BCUT2D eigenvalue weighted by Crippen LogP contribution is 2.24. The third-order valence-corrected chi connectivity index (χ3v) is 4.16. The smallest absolute Gasteiger partial charge is 0.280 e. The van der Waals surface area contributed by atoms with Crippen molar-refractivity contribution in [2.45, 2.75) is 13.0 Å². The molecule has 0 radical (unpaired) electrons. The first-order valence-electron chi connectivity index (χ1n) is 7.45. The van der Waals surface area contributed by atoms with Gasteiger partial charge in [-0.2, -0.15) is 5.10 Å². The van der Waals surface area contributed by atoms with Crippen molar-refractivity contribution in [3.8, 4) is 5.75 Å². The Kier molecular flexibility index (Phi) is 4.96. The van der Waals surface area contributed by atoms with E-state index >= 15 is 0 Å². The fourth-order valence-electron chi connectivity index (χ4n) is 2.24. The summed E-state index contributed by atoms with van der Waals surface area (Å²) in [6.07, 6.45) is 2.80. The number of fused-ring (bicyclic) bond motifs is 1. The molecule has 1 amide bonds. The maximum Gasteiger partial charge on any atom is 0.280 e. The summed E-state index contributed by atoms with van der Waals surface area (Å²) < 4.78 is 6.42. The molecule has 5 nitrogen and oxygen atoms in total. The Bertz CT molecular complexity index is 889. The number of amides is 1. The Balaban J connectivity index is 1.61. The summed E-state index contributed by atoms with van der Waals surface area (Å²) in [5, 5.41) is 5.06. The van der Waals surface area contributed by atoms with Gasteiger partial charge in [0.05, 0.1) is 10.7 Å². The number of aromatic amines is 1. The molecule has 2 aromatic carbocycles. The number of carbonyl (C=O) groups excluding carboxylic acids is 1. The van der Waals surface area contributed by atoms with E-state index in [1.165, 1.54) is 0 Å². The molecule has 6 heteroatoms. The van der Waals surface area contributed by atoms with Gasteiger partial charge in [0.15, 0.2) is 6.10 Å². The van der Waals surface area contributed by atoms with Crippen LogP contribution in [0.1, 0.15) is 12.5 Å². The first-order valence-corrected chi connectivity index (χ1v) is 8.24. The number of aromatic nitrogens is 1. The van der Waals surface area contributed by atoms with E-state index < -0.39 is 6.10 Å². The fourth-order valence-corrected chi connectivity index (χ4v) is 2.62. The Hall–Kier alpha value is -2.60. The number of ether oxygens (including phenoxy) is 1. The van der Waals surface area contributed by atoms with Crippen molar-refractivity contribution in [2.75, 3.05) is 0 Å². The quantitative estimate of drug-likeness (QED) is 0.517. The van der Waals surface area contributed by atoms with Crippen molar-refractivity contribution in [2.24, 2.45) is 5.10 Å². The van der Waals surface area contributed by atoms with Gasteiger partial charge in [0.1, 0.15) is 5.75 Å². The number of H-pyrrole nitrogens is 1. The molecule has 122 valence electrons. The lowest BCUT2D eigenvalue weighted by Crippen LogP contribution is -2.33. The molecule has 0 bridgehead atoms. The van der Waals surface area contributed by atoms with E-state index in [4.69, 9.17) is 4.74 Å². The molecule has 3 aromatic rings. The molecule has 0 spiro atoms. The van der Waals surface area contributed by atoms with Crippen LogP contribution in [0.2, 0.25) is 0 Å². The van der Waals surface area contributed by atoms with Gasteiger partial charge < -0.3 is 9.72 Å². The predicted octanol–water partition coefficient (Wildman–Crippen LogP) is 3.85. The Morgan fingerprint density at radius 3 is 2.83 bits per heavy atom. The number of hydrazone groups is 1. The number of para-hydroxylation sites is 2. The minimum absolute atomic E-state index is 0.318. The predicted molar refractivity (Wildman–Crippen MR) is 98.3 cm³/mol. The number of rotatable bonds is 5. The second-order valence-corrected chi connectivity index (χ2v) is 6.07. The van der Waals surface area contributed by atoms with Crippen LogP contribution in [-0.2, 0) is 4.79 Å². The molecular weight excluding hydrogens is 370 g/mol. The molecule has 0 aliphatic rings. The van der Waals surface area contributed by atoms with Crippen LogP contribution in [0, 0.1) is 0 Å². The van der Waals surface area contributed by atoms with Crippen LogP contribution < -0.4 is 10.2 Å². The van der Waals surface area contributed by atoms with Gasteiger partial charge in [-0.05, 0) is 41.1 Å². The highest BCUT2D eigenvalue weighted by molar-refractivity contribution is 9.10. The third-order valence-electron chi connectivity index (χ3n) is 3.51. The normalized spacial score (nSPS) is 12.4. The summed E-state index contributed by atoms with van der Waals surface area (Å²) in [5.41, 5.74) is 4.43. The van der Waals surface area contributed by atoms with Crippen LogP contribution >= 0.6 is 15.9 Å². The Morgan fingerprint density at radius 2 is 2.00 bits per heavy atom. The highest BCUT2D eigenvalue weighted by atomic mass is 79.9. The fraction of sp³-hybridized carbons (Fsp3) is 0.111. The average molecular weight is 386 g/mol. The Morgan fingerprint density at radius 1 is 1.25 bits per heavy atom. The van der Waals surface area contributed by atoms with E-state index in [1.807, 2.05) is 48.7 Å². The molecule has 24 heavy (non-hydrogen) atoms. The molecule has 0 saturated carbocycles. The largest absolute Gasteiger partial charge is 0.480 e. The van der Waals surface area contributed by atoms with Gasteiger partial charge in [0, 0.05) is 22.7 Å². The van der Waals surface area contributed by atoms with Crippen LogP contribution in [0.15, 0.2) is 64.3 Å². The van der Waals surface area contributed by atoms with Gasteiger partial charge in [-0.1, -0.05) is 30.3 Å². The maximum atomic E-state index is 12.1. The molecule has 0 aliphatic heterocycles. The third kappa shape index (κ3) is 3.65. The number of benzene rings is 2. The average Bonchev–Trinajstić information content (AvgIpc) is 3.00. The molecule has 1 heterocycles. The van der Waals surface area contributed by atoms with Crippen molar-refractivity contribution >= 4 is 39.0 Å².